The van der Waals surface area contributed by atoms with Crippen LogP contribution < -0.4 is 4.74 Å². The zero-order chi connectivity index (χ0) is 22.5. The van der Waals surface area contributed by atoms with Gasteiger partial charge in [0, 0.05) is 12.4 Å². The van der Waals surface area contributed by atoms with Gasteiger partial charge < -0.3 is 24.6 Å². The summed E-state index contributed by atoms with van der Waals surface area (Å²) in [6.07, 6.45) is 8.80. The summed E-state index contributed by atoms with van der Waals surface area (Å²) in [5.74, 6) is 1.31. The highest BCUT2D eigenvalue weighted by Crippen LogP contribution is 2.27. The Bertz CT molecular complexity index is 1020. The van der Waals surface area contributed by atoms with E-state index in [1.807, 2.05) is 48.6 Å². The molecule has 32 heavy (non-hydrogen) atoms. The molecular weight excluding hydrogens is 404 g/mol. The predicted octanol–water partition coefficient (Wildman–Crippen LogP) is 4.14. The van der Waals surface area contributed by atoms with Crippen LogP contribution in [-0.2, 0) is 0 Å². The lowest BCUT2D eigenvalue weighted by Gasteiger charge is -2.17. The highest BCUT2D eigenvalue weighted by Gasteiger charge is 2.26. The molecule has 0 aliphatic heterocycles. The molecule has 6 heteroatoms. The van der Waals surface area contributed by atoms with Crippen molar-refractivity contribution >= 4 is 6.08 Å². The minimum Gasteiger partial charge on any atom is -0.488 e. The molecule has 0 bridgehead atoms. The Morgan fingerprint density at radius 3 is 2.38 bits per heavy atom. The van der Waals surface area contributed by atoms with Crippen molar-refractivity contribution in [1.29, 1.82) is 0 Å². The number of benzene rings is 2. The van der Waals surface area contributed by atoms with Gasteiger partial charge in [-0.1, -0.05) is 48.6 Å². The summed E-state index contributed by atoms with van der Waals surface area (Å²) in [5.41, 5.74) is 3.20. The third kappa shape index (κ3) is 5.10. The molecule has 3 N–H and O–H groups in total. The van der Waals surface area contributed by atoms with E-state index in [1.54, 1.807) is 23.9 Å². The third-order valence-corrected chi connectivity index (χ3v) is 5.93. The molecular formula is C26H30N2O4. The average molecular weight is 435 g/mol. The SMILES string of the molecule is C[C@H](O)c1nccn1[C@@H](/C=C/c1ccc(-c2ccc(O[C@@H]3CCC[C@H]3O)cc2)cc1)CO. The van der Waals surface area contributed by atoms with Gasteiger partial charge in [0.15, 0.2) is 0 Å². The van der Waals surface area contributed by atoms with Gasteiger partial charge in [-0.05, 0) is 55.0 Å². The highest BCUT2D eigenvalue weighted by atomic mass is 16.5. The molecule has 0 saturated heterocycles. The Labute approximate surface area is 188 Å². The molecule has 1 heterocycles. The Balaban J connectivity index is 1.41. The number of ether oxygens (including phenoxy) is 1. The summed E-state index contributed by atoms with van der Waals surface area (Å²) in [6.45, 7) is 1.57. The Hall–Kier alpha value is -2.93. The standard InChI is InChI=1S/C26H30N2O4/c1-18(30)26-27-15-16-28(26)22(17-29)12-7-19-5-8-20(9-6-19)21-10-13-23(14-11-21)32-25-4-2-3-24(25)31/h5-16,18,22,24-25,29-31H,2-4,17H2,1H3/b12-7+/t18-,22-,24+,25+/m0/s1. The van der Waals surface area contributed by atoms with Crippen molar-refractivity contribution in [3.05, 3.63) is 78.4 Å². The van der Waals surface area contributed by atoms with Crippen LogP contribution in [0.25, 0.3) is 17.2 Å². The smallest absolute Gasteiger partial charge is 0.137 e. The van der Waals surface area contributed by atoms with Crippen LogP contribution in [0, 0.1) is 0 Å². The van der Waals surface area contributed by atoms with Gasteiger partial charge in [-0.2, -0.15) is 0 Å². The quantitative estimate of drug-likeness (QED) is 0.496. The fraction of sp³-hybridized carbons (Fsp3) is 0.346. The van der Waals surface area contributed by atoms with E-state index < -0.39 is 6.10 Å². The molecule has 2 aromatic carbocycles. The first kappa shape index (κ1) is 22.3. The number of hydrogen-bond donors (Lipinski definition) is 3. The lowest BCUT2D eigenvalue weighted by Crippen LogP contribution is -2.25. The lowest BCUT2D eigenvalue weighted by atomic mass is 10.0. The average Bonchev–Trinajstić information content (AvgIpc) is 3.45. The van der Waals surface area contributed by atoms with E-state index in [0.717, 1.165) is 41.7 Å². The van der Waals surface area contributed by atoms with Crippen molar-refractivity contribution in [2.45, 2.75) is 50.5 Å². The van der Waals surface area contributed by atoms with Crippen LogP contribution in [-0.4, -0.2) is 43.7 Å². The largest absolute Gasteiger partial charge is 0.488 e. The van der Waals surface area contributed by atoms with Crippen molar-refractivity contribution in [1.82, 2.24) is 9.55 Å². The Kier molecular flexibility index (Phi) is 7.05. The number of rotatable bonds is 8. The predicted molar refractivity (Wildman–Crippen MR) is 124 cm³/mol. The summed E-state index contributed by atoms with van der Waals surface area (Å²) in [7, 11) is 0. The summed E-state index contributed by atoms with van der Waals surface area (Å²) in [4.78, 5) is 4.17. The minimum atomic E-state index is -0.702. The molecule has 4 atom stereocenters. The zero-order valence-corrected chi connectivity index (χ0v) is 18.2. The molecule has 1 aliphatic carbocycles. The van der Waals surface area contributed by atoms with Gasteiger partial charge >= 0.3 is 0 Å². The summed E-state index contributed by atoms with van der Waals surface area (Å²) >= 11 is 0. The van der Waals surface area contributed by atoms with Crippen molar-refractivity contribution in [3.63, 3.8) is 0 Å². The Morgan fingerprint density at radius 2 is 1.78 bits per heavy atom. The van der Waals surface area contributed by atoms with Gasteiger partial charge in [0.05, 0.1) is 18.8 Å². The van der Waals surface area contributed by atoms with Crippen molar-refractivity contribution < 1.29 is 20.1 Å². The molecule has 0 unspecified atom stereocenters. The molecule has 0 radical (unpaired) electrons. The molecule has 3 aromatic rings. The maximum Gasteiger partial charge on any atom is 0.137 e. The van der Waals surface area contributed by atoms with Gasteiger partial charge in [0.25, 0.3) is 0 Å². The monoisotopic (exact) mass is 434 g/mol. The van der Waals surface area contributed by atoms with Gasteiger partial charge in [-0.25, -0.2) is 4.98 Å². The van der Waals surface area contributed by atoms with Crippen LogP contribution in [0.5, 0.6) is 5.75 Å². The van der Waals surface area contributed by atoms with Crippen LogP contribution >= 0.6 is 0 Å². The van der Waals surface area contributed by atoms with Crippen LogP contribution in [0.2, 0.25) is 0 Å². The highest BCUT2D eigenvalue weighted by molar-refractivity contribution is 5.66. The van der Waals surface area contributed by atoms with Gasteiger partial charge in [0.2, 0.25) is 0 Å². The summed E-state index contributed by atoms with van der Waals surface area (Å²) < 4.78 is 7.70. The minimum absolute atomic E-state index is 0.0863. The van der Waals surface area contributed by atoms with Crippen molar-refractivity contribution in [2.24, 2.45) is 0 Å². The van der Waals surface area contributed by atoms with Crippen molar-refractivity contribution in [3.8, 4) is 16.9 Å². The molecule has 0 spiro atoms. The van der Waals surface area contributed by atoms with Gasteiger partial charge in [-0.3, -0.25) is 0 Å². The van der Waals surface area contributed by atoms with E-state index >= 15 is 0 Å². The number of aliphatic hydroxyl groups excluding tert-OH is 3. The number of nitrogens with zero attached hydrogens (tertiary/aromatic N) is 2. The maximum atomic E-state index is 9.93. The first-order chi connectivity index (χ1) is 15.5. The van der Waals surface area contributed by atoms with E-state index in [9.17, 15) is 15.3 Å². The second kappa shape index (κ2) is 10.1. The third-order valence-electron chi connectivity index (χ3n) is 5.93. The molecule has 168 valence electrons. The van der Waals surface area contributed by atoms with Crippen LogP contribution in [0.4, 0.5) is 0 Å². The second-order valence-electron chi connectivity index (χ2n) is 8.28. The van der Waals surface area contributed by atoms with Crippen LogP contribution in [0.1, 0.15) is 49.7 Å². The normalized spacial score (nSPS) is 20.5. The van der Waals surface area contributed by atoms with Gasteiger partial charge in [-0.15, -0.1) is 0 Å². The van der Waals surface area contributed by atoms with E-state index in [2.05, 4.69) is 17.1 Å². The summed E-state index contributed by atoms with van der Waals surface area (Å²) in [6, 6.07) is 15.8. The second-order valence-corrected chi connectivity index (χ2v) is 8.28. The number of hydrogen-bond acceptors (Lipinski definition) is 5. The fourth-order valence-corrected chi connectivity index (χ4v) is 4.12. The molecule has 1 fully saturated rings. The van der Waals surface area contributed by atoms with E-state index in [1.165, 1.54) is 0 Å². The Morgan fingerprint density at radius 1 is 1.09 bits per heavy atom. The van der Waals surface area contributed by atoms with E-state index in [4.69, 9.17) is 4.74 Å². The first-order valence-corrected chi connectivity index (χ1v) is 11.1. The van der Waals surface area contributed by atoms with Crippen LogP contribution in [0.15, 0.2) is 67.0 Å². The summed E-state index contributed by atoms with van der Waals surface area (Å²) in [5, 5.41) is 29.6. The fourth-order valence-electron chi connectivity index (χ4n) is 4.12. The van der Waals surface area contributed by atoms with Crippen molar-refractivity contribution in [2.75, 3.05) is 6.61 Å². The molecule has 1 aromatic heterocycles. The molecule has 6 nitrogen and oxygen atoms in total. The molecule has 1 aliphatic rings. The topological polar surface area (TPSA) is 87.7 Å². The number of imidazole rings is 1. The molecule has 0 amide bonds. The maximum absolute atomic E-state index is 9.93. The van der Waals surface area contributed by atoms with Gasteiger partial charge in [0.1, 0.15) is 23.8 Å². The van der Waals surface area contributed by atoms with E-state index in [0.29, 0.717) is 5.82 Å². The first-order valence-electron chi connectivity index (χ1n) is 11.1. The number of aliphatic hydroxyl groups is 3. The molecule has 4 rings (SSSR count). The van der Waals surface area contributed by atoms with E-state index in [-0.39, 0.29) is 24.9 Å². The number of aromatic nitrogens is 2. The lowest BCUT2D eigenvalue weighted by molar-refractivity contribution is 0.0604. The van der Waals surface area contributed by atoms with Crippen LogP contribution in [0.3, 0.4) is 0 Å². The zero-order valence-electron chi connectivity index (χ0n) is 18.2. The molecule has 1 saturated carbocycles.